The third-order valence-corrected chi connectivity index (χ3v) is 3.89. The van der Waals surface area contributed by atoms with Gasteiger partial charge in [0.05, 0.1) is 6.04 Å². The molecule has 1 atom stereocenters. The maximum Gasteiger partial charge on any atom is 0.126 e. The van der Waals surface area contributed by atoms with Crippen LogP contribution in [0, 0.1) is 11.6 Å². The molecule has 2 aromatic rings. The Balaban J connectivity index is 2.31. The van der Waals surface area contributed by atoms with Crippen LogP contribution in [0.1, 0.15) is 17.2 Å². The summed E-state index contributed by atoms with van der Waals surface area (Å²) >= 11 is 9.14. The molecule has 0 fully saturated rings. The number of benzene rings is 2. The fourth-order valence-electron chi connectivity index (χ4n) is 1.96. The molecule has 2 nitrogen and oxygen atoms in total. The van der Waals surface area contributed by atoms with Crippen molar-refractivity contribution in [3.8, 4) is 0 Å². The molecule has 0 aliphatic heterocycles. The van der Waals surface area contributed by atoms with Gasteiger partial charge in [0.15, 0.2) is 0 Å². The molecule has 0 bridgehead atoms. The summed E-state index contributed by atoms with van der Waals surface area (Å²) in [5.74, 6) is 4.82. The third-order valence-electron chi connectivity index (χ3n) is 2.97. The van der Waals surface area contributed by atoms with Crippen LogP contribution in [0.3, 0.4) is 0 Å². The Bertz CT molecular complexity index is 622. The van der Waals surface area contributed by atoms with Crippen LogP contribution >= 0.6 is 27.5 Å². The monoisotopic (exact) mass is 360 g/mol. The zero-order valence-corrected chi connectivity index (χ0v) is 12.7. The standard InChI is InChI=1S/C14H12BrClF2N2/c15-12-7-10(17)2-3-11(12)14(20-19)6-8-5-9(16)1-4-13(8)18/h1-5,7,14,20H,6,19H2. The third kappa shape index (κ3) is 3.55. The van der Waals surface area contributed by atoms with Gasteiger partial charge in [0.25, 0.3) is 0 Å². The van der Waals surface area contributed by atoms with E-state index in [0.29, 0.717) is 21.5 Å². The van der Waals surface area contributed by atoms with Gasteiger partial charge in [-0.15, -0.1) is 0 Å². The molecule has 3 N–H and O–H groups in total. The number of nitrogens with one attached hydrogen (secondary N) is 1. The summed E-state index contributed by atoms with van der Waals surface area (Å²) in [6, 6.07) is 8.26. The van der Waals surface area contributed by atoms with Gasteiger partial charge in [-0.25, -0.2) is 8.78 Å². The van der Waals surface area contributed by atoms with Crippen LogP contribution in [0.2, 0.25) is 5.02 Å². The summed E-state index contributed by atoms with van der Waals surface area (Å²) in [5.41, 5.74) is 3.80. The fraction of sp³-hybridized carbons (Fsp3) is 0.143. The molecule has 106 valence electrons. The van der Waals surface area contributed by atoms with E-state index < -0.39 is 0 Å². The molecule has 0 aliphatic carbocycles. The molecule has 0 spiro atoms. The topological polar surface area (TPSA) is 38.0 Å². The lowest BCUT2D eigenvalue weighted by molar-refractivity contribution is 0.526. The Morgan fingerprint density at radius 1 is 1.20 bits per heavy atom. The Morgan fingerprint density at radius 3 is 2.60 bits per heavy atom. The lowest BCUT2D eigenvalue weighted by Gasteiger charge is -2.18. The van der Waals surface area contributed by atoms with E-state index in [0.717, 1.165) is 5.56 Å². The quantitative estimate of drug-likeness (QED) is 0.635. The van der Waals surface area contributed by atoms with Gasteiger partial charge in [0.2, 0.25) is 0 Å². The van der Waals surface area contributed by atoms with Crippen LogP contribution in [0.5, 0.6) is 0 Å². The van der Waals surface area contributed by atoms with E-state index in [-0.39, 0.29) is 17.7 Å². The van der Waals surface area contributed by atoms with Gasteiger partial charge in [0, 0.05) is 9.50 Å². The smallest absolute Gasteiger partial charge is 0.126 e. The van der Waals surface area contributed by atoms with Gasteiger partial charge < -0.3 is 0 Å². The first-order valence-corrected chi connectivity index (χ1v) is 7.03. The predicted molar refractivity (Wildman–Crippen MR) is 79.3 cm³/mol. The summed E-state index contributed by atoms with van der Waals surface area (Å²) < 4.78 is 27.4. The van der Waals surface area contributed by atoms with Crippen molar-refractivity contribution < 1.29 is 8.78 Å². The molecular weight excluding hydrogens is 350 g/mol. The lowest BCUT2D eigenvalue weighted by Crippen LogP contribution is -2.30. The van der Waals surface area contributed by atoms with Crippen molar-refractivity contribution in [3.05, 3.63) is 68.7 Å². The molecule has 0 saturated heterocycles. The average Bonchev–Trinajstić information content (AvgIpc) is 2.40. The Hall–Kier alpha value is -1.01. The number of halogens is 4. The Morgan fingerprint density at radius 2 is 1.95 bits per heavy atom. The van der Waals surface area contributed by atoms with Crippen LogP contribution in [-0.2, 0) is 6.42 Å². The molecule has 0 heterocycles. The lowest BCUT2D eigenvalue weighted by atomic mass is 9.99. The molecule has 0 amide bonds. The highest BCUT2D eigenvalue weighted by Crippen LogP contribution is 2.28. The number of nitrogens with two attached hydrogens (primary N) is 1. The van der Waals surface area contributed by atoms with E-state index in [2.05, 4.69) is 21.4 Å². The highest BCUT2D eigenvalue weighted by molar-refractivity contribution is 9.10. The molecule has 0 aliphatic rings. The van der Waals surface area contributed by atoms with Crippen molar-refractivity contribution in [2.45, 2.75) is 12.5 Å². The summed E-state index contributed by atoms with van der Waals surface area (Å²) in [5, 5.41) is 0.454. The van der Waals surface area contributed by atoms with E-state index in [9.17, 15) is 8.78 Å². The van der Waals surface area contributed by atoms with Crippen LogP contribution < -0.4 is 11.3 Å². The number of hydrogen-bond donors (Lipinski definition) is 2. The molecule has 1 unspecified atom stereocenters. The van der Waals surface area contributed by atoms with E-state index in [1.54, 1.807) is 12.1 Å². The van der Waals surface area contributed by atoms with Crippen molar-refractivity contribution >= 4 is 27.5 Å². The van der Waals surface area contributed by atoms with Crippen LogP contribution in [0.15, 0.2) is 40.9 Å². The minimum absolute atomic E-state index is 0.299. The van der Waals surface area contributed by atoms with Crippen LogP contribution in [-0.4, -0.2) is 0 Å². The van der Waals surface area contributed by atoms with Gasteiger partial charge in [-0.2, -0.15) is 0 Å². The van der Waals surface area contributed by atoms with Crippen LogP contribution in [0.4, 0.5) is 8.78 Å². The molecule has 0 saturated carbocycles. The molecule has 0 radical (unpaired) electrons. The molecular formula is C14H12BrClF2N2. The zero-order valence-electron chi connectivity index (χ0n) is 10.3. The fourth-order valence-corrected chi connectivity index (χ4v) is 2.78. The van der Waals surface area contributed by atoms with Crippen molar-refractivity contribution in [1.82, 2.24) is 5.43 Å². The minimum Gasteiger partial charge on any atom is -0.271 e. The molecule has 0 aromatic heterocycles. The first-order chi connectivity index (χ1) is 9.51. The second-order valence-electron chi connectivity index (χ2n) is 4.32. The van der Waals surface area contributed by atoms with Crippen molar-refractivity contribution in [2.75, 3.05) is 0 Å². The van der Waals surface area contributed by atoms with E-state index in [1.165, 1.54) is 24.3 Å². The second kappa shape index (κ2) is 6.63. The zero-order chi connectivity index (χ0) is 14.7. The van der Waals surface area contributed by atoms with Crippen LogP contribution in [0.25, 0.3) is 0 Å². The Labute approximate surface area is 129 Å². The summed E-state index contributed by atoms with van der Waals surface area (Å²) in [6.45, 7) is 0. The van der Waals surface area contributed by atoms with Gasteiger partial charge >= 0.3 is 0 Å². The summed E-state index contributed by atoms with van der Waals surface area (Å²) in [4.78, 5) is 0. The highest BCUT2D eigenvalue weighted by atomic mass is 79.9. The first-order valence-electron chi connectivity index (χ1n) is 5.86. The minimum atomic E-state index is -0.363. The summed E-state index contributed by atoms with van der Waals surface area (Å²) in [6.07, 6.45) is 0.299. The molecule has 6 heteroatoms. The number of hydrazine groups is 1. The number of hydrogen-bond acceptors (Lipinski definition) is 2. The summed E-state index contributed by atoms with van der Waals surface area (Å²) in [7, 11) is 0. The number of rotatable bonds is 4. The van der Waals surface area contributed by atoms with Gasteiger partial charge in [-0.1, -0.05) is 33.6 Å². The van der Waals surface area contributed by atoms with Crippen molar-refractivity contribution in [1.29, 1.82) is 0 Å². The van der Waals surface area contributed by atoms with Gasteiger partial charge in [-0.3, -0.25) is 11.3 Å². The largest absolute Gasteiger partial charge is 0.271 e. The molecule has 20 heavy (non-hydrogen) atoms. The maximum atomic E-state index is 13.7. The molecule has 2 aromatic carbocycles. The first kappa shape index (κ1) is 15.4. The normalized spacial score (nSPS) is 12.4. The van der Waals surface area contributed by atoms with E-state index in [4.69, 9.17) is 17.4 Å². The van der Waals surface area contributed by atoms with E-state index >= 15 is 0 Å². The second-order valence-corrected chi connectivity index (χ2v) is 5.62. The van der Waals surface area contributed by atoms with Crippen molar-refractivity contribution in [3.63, 3.8) is 0 Å². The SMILES string of the molecule is NNC(Cc1cc(Cl)ccc1F)c1ccc(F)cc1Br. The predicted octanol–water partition coefficient (Wildman–Crippen LogP) is 4.13. The van der Waals surface area contributed by atoms with Gasteiger partial charge in [-0.05, 0) is 47.9 Å². The van der Waals surface area contributed by atoms with E-state index in [1.807, 2.05) is 0 Å². The molecule has 2 rings (SSSR count). The highest BCUT2D eigenvalue weighted by Gasteiger charge is 2.16. The Kier molecular flexibility index (Phi) is 5.10. The average molecular weight is 362 g/mol. The van der Waals surface area contributed by atoms with Gasteiger partial charge in [0.1, 0.15) is 11.6 Å². The maximum absolute atomic E-state index is 13.7. The van der Waals surface area contributed by atoms with Crippen molar-refractivity contribution in [2.24, 2.45) is 5.84 Å².